The molecule has 0 amide bonds. The summed E-state index contributed by atoms with van der Waals surface area (Å²) in [5, 5.41) is 3.60. The van der Waals surface area contributed by atoms with Gasteiger partial charge in [-0.3, -0.25) is 0 Å². The summed E-state index contributed by atoms with van der Waals surface area (Å²) in [6.07, 6.45) is 5.51. The lowest BCUT2D eigenvalue weighted by molar-refractivity contribution is 0.147. The maximum absolute atomic E-state index is 4.68. The molecule has 2 aliphatic rings. The zero-order valence-electron chi connectivity index (χ0n) is 14.2. The summed E-state index contributed by atoms with van der Waals surface area (Å²) in [7, 11) is 2.20. The smallest absolute Gasteiger partial charge is 0.133 e. The van der Waals surface area contributed by atoms with Crippen LogP contribution in [0.15, 0.2) is 12.3 Å². The zero-order chi connectivity index (χ0) is 15.6. The van der Waals surface area contributed by atoms with Crippen LogP contribution in [-0.2, 0) is 0 Å². The summed E-state index contributed by atoms with van der Waals surface area (Å²) in [4.78, 5) is 14.0. The van der Waals surface area contributed by atoms with Crippen molar-refractivity contribution in [2.24, 2.45) is 0 Å². The van der Waals surface area contributed by atoms with E-state index in [2.05, 4.69) is 46.0 Å². The largest absolute Gasteiger partial charge is 0.365 e. The molecule has 1 aromatic rings. The second-order valence-corrected chi connectivity index (χ2v) is 7.48. The van der Waals surface area contributed by atoms with Gasteiger partial charge in [-0.1, -0.05) is 0 Å². The van der Waals surface area contributed by atoms with Gasteiger partial charge >= 0.3 is 0 Å². The molecule has 0 radical (unpaired) electrons. The van der Waals surface area contributed by atoms with E-state index in [1.807, 2.05) is 12.3 Å². The highest BCUT2D eigenvalue weighted by molar-refractivity contribution is 5.36. The Kier molecular flexibility index (Phi) is 4.64. The van der Waals surface area contributed by atoms with E-state index >= 15 is 0 Å². The Hall–Kier alpha value is -1.20. The molecule has 1 N–H and O–H groups in total. The number of nitrogens with zero attached hydrogens (tertiary/aromatic N) is 4. The lowest BCUT2D eigenvalue weighted by atomic mass is 10.00. The number of nitrogens with one attached hydrogen (secondary N) is 1. The van der Waals surface area contributed by atoms with Crippen LogP contribution in [0.4, 0.5) is 5.82 Å². The first kappa shape index (κ1) is 15.7. The number of anilines is 1. The Balaban J connectivity index is 1.50. The molecule has 5 nitrogen and oxygen atoms in total. The van der Waals surface area contributed by atoms with Crippen molar-refractivity contribution >= 4 is 5.82 Å². The van der Waals surface area contributed by atoms with Crippen LogP contribution in [0.2, 0.25) is 0 Å². The van der Waals surface area contributed by atoms with Crippen molar-refractivity contribution in [2.75, 3.05) is 45.1 Å². The molecule has 1 aliphatic carbocycles. The van der Waals surface area contributed by atoms with Gasteiger partial charge in [0.25, 0.3) is 0 Å². The second kappa shape index (κ2) is 6.50. The number of likely N-dealkylation sites (N-methyl/N-ethyl adjacent to an activating group) is 1. The normalized spacial score (nSPS) is 21.0. The molecule has 0 bridgehead atoms. The molecule has 0 atom stereocenters. The summed E-state index contributed by atoms with van der Waals surface area (Å²) in [6, 6.07) is 1.99. The monoisotopic (exact) mass is 303 g/mol. The molecule has 1 aromatic heterocycles. The molecule has 2 heterocycles. The molecular formula is C17H29N5. The molecule has 5 heteroatoms. The standard InChI is InChI=1S/C17H29N5/c1-17(2,7-9-22-12-10-21(3)11-13-22)20-15-6-8-18-16(19-15)14-4-5-14/h6,8,14H,4-5,7,9-13H2,1-3H3,(H,18,19,20). The van der Waals surface area contributed by atoms with Crippen LogP contribution in [0.5, 0.6) is 0 Å². The Bertz CT molecular complexity index is 490. The fraction of sp³-hybridized carbons (Fsp3) is 0.765. The summed E-state index contributed by atoms with van der Waals surface area (Å²) in [6.45, 7) is 10.4. The van der Waals surface area contributed by atoms with E-state index in [0.29, 0.717) is 5.92 Å². The van der Waals surface area contributed by atoms with Crippen molar-refractivity contribution in [2.45, 2.75) is 44.6 Å². The molecule has 1 aliphatic heterocycles. The van der Waals surface area contributed by atoms with Crippen molar-refractivity contribution in [3.05, 3.63) is 18.1 Å². The van der Waals surface area contributed by atoms with Crippen LogP contribution in [-0.4, -0.2) is 65.1 Å². The quantitative estimate of drug-likeness (QED) is 0.872. The van der Waals surface area contributed by atoms with Crippen molar-refractivity contribution in [3.63, 3.8) is 0 Å². The van der Waals surface area contributed by atoms with Gasteiger partial charge in [0, 0.05) is 50.4 Å². The van der Waals surface area contributed by atoms with Gasteiger partial charge in [0.15, 0.2) is 0 Å². The van der Waals surface area contributed by atoms with Crippen LogP contribution in [0.25, 0.3) is 0 Å². The summed E-state index contributed by atoms with van der Waals surface area (Å²) in [5.41, 5.74) is 0.0541. The lowest BCUT2D eigenvalue weighted by Crippen LogP contribution is -2.46. The first-order chi connectivity index (χ1) is 10.5. The highest BCUT2D eigenvalue weighted by atomic mass is 15.2. The molecular weight excluding hydrogens is 274 g/mol. The predicted octanol–water partition coefficient (Wildman–Crippen LogP) is 2.18. The van der Waals surface area contributed by atoms with Crippen LogP contribution in [0, 0.1) is 0 Å². The maximum Gasteiger partial charge on any atom is 0.133 e. The molecule has 0 aromatic carbocycles. The second-order valence-electron chi connectivity index (χ2n) is 7.48. The van der Waals surface area contributed by atoms with Gasteiger partial charge in [0.2, 0.25) is 0 Å². The van der Waals surface area contributed by atoms with E-state index < -0.39 is 0 Å². The fourth-order valence-corrected chi connectivity index (χ4v) is 2.90. The lowest BCUT2D eigenvalue weighted by Gasteiger charge is -2.35. The Morgan fingerprint density at radius 3 is 2.64 bits per heavy atom. The topological polar surface area (TPSA) is 44.3 Å². The number of hydrogen-bond acceptors (Lipinski definition) is 5. The van der Waals surface area contributed by atoms with Gasteiger partial charge in [-0.15, -0.1) is 0 Å². The third-order valence-electron chi connectivity index (χ3n) is 4.73. The first-order valence-corrected chi connectivity index (χ1v) is 8.54. The van der Waals surface area contributed by atoms with E-state index in [4.69, 9.17) is 0 Å². The van der Waals surface area contributed by atoms with Gasteiger partial charge < -0.3 is 15.1 Å². The third kappa shape index (κ3) is 4.40. The fourth-order valence-electron chi connectivity index (χ4n) is 2.90. The highest BCUT2D eigenvalue weighted by Crippen LogP contribution is 2.38. The molecule has 22 heavy (non-hydrogen) atoms. The summed E-state index contributed by atoms with van der Waals surface area (Å²) in [5.74, 6) is 2.59. The minimum Gasteiger partial charge on any atom is -0.365 e. The molecule has 122 valence electrons. The number of aromatic nitrogens is 2. The van der Waals surface area contributed by atoms with Crippen LogP contribution in [0.1, 0.15) is 44.9 Å². The molecule has 1 saturated carbocycles. The van der Waals surface area contributed by atoms with Crippen LogP contribution >= 0.6 is 0 Å². The van der Waals surface area contributed by atoms with E-state index in [1.165, 1.54) is 39.0 Å². The van der Waals surface area contributed by atoms with Crippen molar-refractivity contribution in [1.29, 1.82) is 0 Å². The summed E-state index contributed by atoms with van der Waals surface area (Å²) < 4.78 is 0. The van der Waals surface area contributed by atoms with E-state index in [-0.39, 0.29) is 5.54 Å². The van der Waals surface area contributed by atoms with Crippen molar-refractivity contribution < 1.29 is 0 Å². The average molecular weight is 303 g/mol. The van der Waals surface area contributed by atoms with Gasteiger partial charge in [-0.2, -0.15) is 0 Å². The Labute approximate surface area is 134 Å². The van der Waals surface area contributed by atoms with Gasteiger partial charge in [0.1, 0.15) is 11.6 Å². The number of piperazine rings is 1. The van der Waals surface area contributed by atoms with E-state index in [9.17, 15) is 0 Å². The average Bonchev–Trinajstić information content (AvgIpc) is 3.31. The van der Waals surface area contributed by atoms with Crippen molar-refractivity contribution in [1.82, 2.24) is 19.8 Å². The summed E-state index contributed by atoms with van der Waals surface area (Å²) >= 11 is 0. The van der Waals surface area contributed by atoms with Gasteiger partial charge in [-0.05, 0) is 46.2 Å². The molecule has 0 unspecified atom stereocenters. The van der Waals surface area contributed by atoms with Gasteiger partial charge in [0.05, 0.1) is 0 Å². The molecule has 1 saturated heterocycles. The SMILES string of the molecule is CN1CCN(CCC(C)(C)Nc2ccnc(C3CC3)n2)CC1. The molecule has 3 rings (SSSR count). The Morgan fingerprint density at radius 2 is 1.95 bits per heavy atom. The number of rotatable bonds is 6. The van der Waals surface area contributed by atoms with Gasteiger partial charge in [-0.25, -0.2) is 9.97 Å². The maximum atomic E-state index is 4.68. The first-order valence-electron chi connectivity index (χ1n) is 8.54. The predicted molar refractivity (Wildman–Crippen MR) is 90.3 cm³/mol. The van der Waals surface area contributed by atoms with E-state index in [1.54, 1.807) is 0 Å². The van der Waals surface area contributed by atoms with Crippen LogP contribution in [0.3, 0.4) is 0 Å². The molecule has 0 spiro atoms. The minimum absolute atomic E-state index is 0.0541. The number of hydrogen-bond donors (Lipinski definition) is 1. The third-order valence-corrected chi connectivity index (χ3v) is 4.73. The van der Waals surface area contributed by atoms with Crippen LogP contribution < -0.4 is 5.32 Å². The molecule has 2 fully saturated rings. The minimum atomic E-state index is 0.0541. The van der Waals surface area contributed by atoms with Crippen molar-refractivity contribution in [3.8, 4) is 0 Å². The Morgan fingerprint density at radius 1 is 1.23 bits per heavy atom. The highest BCUT2D eigenvalue weighted by Gasteiger charge is 2.27. The van der Waals surface area contributed by atoms with E-state index in [0.717, 1.165) is 24.6 Å². The zero-order valence-corrected chi connectivity index (χ0v) is 14.2.